The SMILES string of the molecule is CN1CCCC1C(=O)NCCCN. The summed E-state index contributed by atoms with van der Waals surface area (Å²) < 4.78 is 0. The molecule has 0 radical (unpaired) electrons. The number of amides is 1. The molecule has 1 aliphatic rings. The van der Waals surface area contributed by atoms with E-state index >= 15 is 0 Å². The van der Waals surface area contributed by atoms with Crippen LogP contribution in [0.5, 0.6) is 0 Å². The van der Waals surface area contributed by atoms with Gasteiger partial charge in [0.2, 0.25) is 5.91 Å². The number of hydrogen-bond acceptors (Lipinski definition) is 3. The summed E-state index contributed by atoms with van der Waals surface area (Å²) in [6.45, 7) is 2.38. The Morgan fingerprint density at radius 2 is 2.46 bits per heavy atom. The molecule has 4 nitrogen and oxygen atoms in total. The van der Waals surface area contributed by atoms with E-state index in [0.717, 1.165) is 25.8 Å². The van der Waals surface area contributed by atoms with Gasteiger partial charge in [-0.05, 0) is 39.4 Å². The number of carbonyl (C=O) groups excluding carboxylic acids is 1. The molecule has 4 heteroatoms. The Morgan fingerprint density at radius 3 is 3.00 bits per heavy atom. The maximum atomic E-state index is 11.5. The number of nitrogens with two attached hydrogens (primary N) is 1. The van der Waals surface area contributed by atoms with Gasteiger partial charge >= 0.3 is 0 Å². The van der Waals surface area contributed by atoms with Crippen LogP contribution in [0.25, 0.3) is 0 Å². The molecule has 1 heterocycles. The third-order valence-corrected chi connectivity index (χ3v) is 2.50. The minimum Gasteiger partial charge on any atom is -0.355 e. The van der Waals surface area contributed by atoms with Crippen molar-refractivity contribution in [3.05, 3.63) is 0 Å². The average Bonchev–Trinajstić information content (AvgIpc) is 2.52. The fourth-order valence-electron chi connectivity index (χ4n) is 1.67. The van der Waals surface area contributed by atoms with E-state index in [2.05, 4.69) is 10.2 Å². The van der Waals surface area contributed by atoms with Crippen molar-refractivity contribution in [3.8, 4) is 0 Å². The number of rotatable bonds is 4. The van der Waals surface area contributed by atoms with Gasteiger partial charge in [-0.25, -0.2) is 0 Å². The quantitative estimate of drug-likeness (QED) is 0.583. The van der Waals surface area contributed by atoms with Crippen LogP contribution in [0.4, 0.5) is 0 Å². The van der Waals surface area contributed by atoms with E-state index in [1.165, 1.54) is 0 Å². The van der Waals surface area contributed by atoms with E-state index in [4.69, 9.17) is 5.73 Å². The molecule has 1 rings (SSSR count). The Morgan fingerprint density at radius 1 is 1.69 bits per heavy atom. The van der Waals surface area contributed by atoms with Gasteiger partial charge in [-0.1, -0.05) is 0 Å². The summed E-state index contributed by atoms with van der Waals surface area (Å²) in [5, 5.41) is 2.90. The molecule has 0 saturated carbocycles. The van der Waals surface area contributed by atoms with Crippen molar-refractivity contribution in [3.63, 3.8) is 0 Å². The van der Waals surface area contributed by atoms with Crippen LogP contribution >= 0.6 is 0 Å². The van der Waals surface area contributed by atoms with Crippen molar-refractivity contribution >= 4 is 5.91 Å². The monoisotopic (exact) mass is 185 g/mol. The molecular weight excluding hydrogens is 166 g/mol. The molecule has 76 valence electrons. The Balaban J connectivity index is 2.22. The van der Waals surface area contributed by atoms with Crippen LogP contribution in [-0.4, -0.2) is 43.5 Å². The maximum Gasteiger partial charge on any atom is 0.237 e. The van der Waals surface area contributed by atoms with E-state index in [0.29, 0.717) is 13.1 Å². The molecule has 0 aromatic rings. The molecule has 0 aromatic carbocycles. The maximum absolute atomic E-state index is 11.5. The van der Waals surface area contributed by atoms with Crippen molar-refractivity contribution in [1.29, 1.82) is 0 Å². The first-order valence-corrected chi connectivity index (χ1v) is 4.93. The third kappa shape index (κ3) is 2.97. The normalized spacial score (nSPS) is 23.4. The van der Waals surface area contributed by atoms with Crippen LogP contribution in [0.15, 0.2) is 0 Å². The van der Waals surface area contributed by atoms with Crippen molar-refractivity contribution in [1.82, 2.24) is 10.2 Å². The molecule has 1 saturated heterocycles. The van der Waals surface area contributed by atoms with Crippen LogP contribution in [-0.2, 0) is 4.79 Å². The minimum atomic E-state index is 0.0952. The highest BCUT2D eigenvalue weighted by Crippen LogP contribution is 2.14. The first kappa shape index (κ1) is 10.5. The number of likely N-dealkylation sites (tertiary alicyclic amines) is 1. The number of likely N-dealkylation sites (N-methyl/N-ethyl adjacent to an activating group) is 1. The molecule has 13 heavy (non-hydrogen) atoms. The summed E-state index contributed by atoms with van der Waals surface area (Å²) in [4.78, 5) is 13.6. The van der Waals surface area contributed by atoms with Gasteiger partial charge in [0.25, 0.3) is 0 Å². The zero-order valence-corrected chi connectivity index (χ0v) is 8.25. The van der Waals surface area contributed by atoms with E-state index in [1.807, 2.05) is 7.05 Å². The lowest BCUT2D eigenvalue weighted by atomic mass is 10.2. The molecule has 3 N–H and O–H groups in total. The van der Waals surface area contributed by atoms with Crippen LogP contribution in [0, 0.1) is 0 Å². The molecule has 0 spiro atoms. The summed E-state index contributed by atoms with van der Waals surface area (Å²) in [6.07, 6.45) is 2.98. The highest BCUT2D eigenvalue weighted by Gasteiger charge is 2.26. The van der Waals surface area contributed by atoms with E-state index < -0.39 is 0 Å². The van der Waals surface area contributed by atoms with Gasteiger partial charge in [-0.2, -0.15) is 0 Å². The van der Waals surface area contributed by atoms with Crippen LogP contribution in [0.3, 0.4) is 0 Å². The van der Waals surface area contributed by atoms with Gasteiger partial charge < -0.3 is 11.1 Å². The topological polar surface area (TPSA) is 58.4 Å². The summed E-state index contributed by atoms with van der Waals surface area (Å²) in [5.74, 6) is 0.161. The van der Waals surface area contributed by atoms with Crippen molar-refractivity contribution in [2.75, 3.05) is 26.7 Å². The average molecular weight is 185 g/mol. The van der Waals surface area contributed by atoms with Gasteiger partial charge in [0.1, 0.15) is 0 Å². The van der Waals surface area contributed by atoms with E-state index in [9.17, 15) is 4.79 Å². The Hall–Kier alpha value is -0.610. The molecule has 0 aromatic heterocycles. The van der Waals surface area contributed by atoms with Crippen LogP contribution in [0.2, 0.25) is 0 Å². The lowest BCUT2D eigenvalue weighted by molar-refractivity contribution is -0.125. The van der Waals surface area contributed by atoms with Crippen LogP contribution < -0.4 is 11.1 Å². The Labute approximate surface area is 79.5 Å². The largest absolute Gasteiger partial charge is 0.355 e. The molecule has 0 bridgehead atoms. The second kappa shape index (κ2) is 5.19. The number of nitrogens with zero attached hydrogens (tertiary/aromatic N) is 1. The van der Waals surface area contributed by atoms with E-state index in [1.54, 1.807) is 0 Å². The van der Waals surface area contributed by atoms with Crippen molar-refractivity contribution in [2.45, 2.75) is 25.3 Å². The van der Waals surface area contributed by atoms with Crippen molar-refractivity contribution in [2.24, 2.45) is 5.73 Å². The summed E-state index contributed by atoms with van der Waals surface area (Å²) in [6, 6.07) is 0.0952. The second-order valence-corrected chi connectivity index (χ2v) is 3.57. The highest BCUT2D eigenvalue weighted by molar-refractivity contribution is 5.81. The molecule has 1 fully saturated rings. The van der Waals surface area contributed by atoms with Gasteiger partial charge in [-0.3, -0.25) is 9.69 Å². The predicted octanol–water partition coefficient (Wildman–Crippen LogP) is -0.454. The summed E-state index contributed by atoms with van der Waals surface area (Å²) >= 11 is 0. The van der Waals surface area contributed by atoms with Gasteiger partial charge in [0, 0.05) is 6.54 Å². The fourth-order valence-corrected chi connectivity index (χ4v) is 1.67. The van der Waals surface area contributed by atoms with Gasteiger partial charge in [0.05, 0.1) is 6.04 Å². The standard InChI is InChI=1S/C9H19N3O/c1-12-7-2-4-8(12)9(13)11-6-3-5-10/h8H,2-7,10H2,1H3,(H,11,13). The summed E-state index contributed by atoms with van der Waals surface area (Å²) in [5.41, 5.74) is 5.33. The Bertz CT molecular complexity index is 172. The van der Waals surface area contributed by atoms with Crippen molar-refractivity contribution < 1.29 is 4.79 Å². The molecule has 1 atom stereocenters. The fraction of sp³-hybridized carbons (Fsp3) is 0.889. The molecule has 1 unspecified atom stereocenters. The van der Waals surface area contributed by atoms with Gasteiger partial charge in [0.15, 0.2) is 0 Å². The van der Waals surface area contributed by atoms with Crippen LogP contribution in [0.1, 0.15) is 19.3 Å². The lowest BCUT2D eigenvalue weighted by Crippen LogP contribution is -2.41. The smallest absolute Gasteiger partial charge is 0.237 e. The second-order valence-electron chi connectivity index (χ2n) is 3.57. The first-order valence-electron chi connectivity index (χ1n) is 4.93. The molecule has 0 aliphatic carbocycles. The predicted molar refractivity (Wildman–Crippen MR) is 52.3 cm³/mol. The first-order chi connectivity index (χ1) is 6.25. The molecular formula is C9H19N3O. The number of hydrogen-bond donors (Lipinski definition) is 2. The summed E-state index contributed by atoms with van der Waals surface area (Å²) in [7, 11) is 2.00. The lowest BCUT2D eigenvalue weighted by Gasteiger charge is -2.18. The number of nitrogens with one attached hydrogen (secondary N) is 1. The Kier molecular flexibility index (Phi) is 4.18. The molecule has 1 aliphatic heterocycles. The van der Waals surface area contributed by atoms with E-state index in [-0.39, 0.29) is 11.9 Å². The zero-order chi connectivity index (χ0) is 9.68. The minimum absolute atomic E-state index is 0.0952. The zero-order valence-electron chi connectivity index (χ0n) is 8.25. The molecule has 1 amide bonds. The number of carbonyl (C=O) groups is 1. The highest BCUT2D eigenvalue weighted by atomic mass is 16.2. The van der Waals surface area contributed by atoms with Gasteiger partial charge in [-0.15, -0.1) is 0 Å². The third-order valence-electron chi connectivity index (χ3n) is 2.50.